The van der Waals surface area contributed by atoms with Crippen LogP contribution < -0.4 is 24.3 Å². The number of amides is 2. The van der Waals surface area contributed by atoms with Gasteiger partial charge in [-0.05, 0) is 48.2 Å². The summed E-state index contributed by atoms with van der Waals surface area (Å²) < 4.78 is 27.5. The van der Waals surface area contributed by atoms with E-state index >= 15 is 0 Å². The van der Waals surface area contributed by atoms with Gasteiger partial charge in [0.05, 0.1) is 46.5 Å². The van der Waals surface area contributed by atoms with Gasteiger partial charge in [0.1, 0.15) is 0 Å². The van der Waals surface area contributed by atoms with E-state index in [1.54, 1.807) is 50.4 Å². The predicted octanol–water partition coefficient (Wildman–Crippen LogP) is 2.93. The highest BCUT2D eigenvalue weighted by molar-refractivity contribution is 6.02. The third-order valence-corrected chi connectivity index (χ3v) is 6.73. The molecule has 0 aliphatic carbocycles. The van der Waals surface area contributed by atoms with Crippen molar-refractivity contribution < 1.29 is 33.3 Å². The summed E-state index contributed by atoms with van der Waals surface area (Å²) in [5.74, 6) is 0.835. The Morgan fingerprint density at radius 3 is 2.29 bits per heavy atom. The van der Waals surface area contributed by atoms with Crippen molar-refractivity contribution in [1.82, 2.24) is 10.2 Å². The van der Waals surface area contributed by atoms with Crippen LogP contribution >= 0.6 is 0 Å². The maximum absolute atomic E-state index is 13.8. The van der Waals surface area contributed by atoms with E-state index in [0.717, 1.165) is 18.4 Å². The lowest BCUT2D eigenvalue weighted by Gasteiger charge is -2.40. The largest absolute Gasteiger partial charge is 0.493 e. The van der Waals surface area contributed by atoms with E-state index in [1.165, 1.54) is 14.2 Å². The number of hydrogen-bond acceptors (Lipinski definition) is 7. The lowest BCUT2D eigenvalue weighted by molar-refractivity contribution is -0.124. The molecule has 2 aromatic carbocycles. The number of rotatable bonds is 8. The quantitative estimate of drug-likeness (QED) is 0.616. The van der Waals surface area contributed by atoms with Crippen molar-refractivity contribution >= 4 is 11.8 Å². The predicted molar refractivity (Wildman–Crippen MR) is 129 cm³/mol. The third kappa shape index (κ3) is 4.60. The molecule has 9 heteroatoms. The Labute approximate surface area is 205 Å². The Bertz CT molecular complexity index is 1100. The van der Waals surface area contributed by atoms with Gasteiger partial charge in [-0.3, -0.25) is 9.59 Å². The SMILES string of the molecule is COc1ccc([C@@H]2[C@H](C(=O)NC[C@@H]3CCCO3)c3cc(OC)c(OC)cc3C(=O)N2C)cc1OC. The minimum Gasteiger partial charge on any atom is -0.493 e. The first kappa shape index (κ1) is 24.7. The first-order chi connectivity index (χ1) is 16.9. The number of nitrogens with one attached hydrogen (secondary N) is 1. The normalized spacial score (nSPS) is 21.3. The van der Waals surface area contributed by atoms with Crippen LogP contribution in [0.2, 0.25) is 0 Å². The van der Waals surface area contributed by atoms with Crippen molar-refractivity contribution in [2.45, 2.75) is 30.9 Å². The molecule has 2 aliphatic heterocycles. The Balaban J connectivity index is 1.82. The minimum atomic E-state index is -0.702. The van der Waals surface area contributed by atoms with Gasteiger partial charge in [0.25, 0.3) is 5.91 Å². The fourth-order valence-electron chi connectivity index (χ4n) is 4.91. The second-order valence-electron chi connectivity index (χ2n) is 8.63. The molecule has 35 heavy (non-hydrogen) atoms. The number of fused-ring (bicyclic) bond motifs is 1. The van der Waals surface area contributed by atoms with Crippen LogP contribution in [0.3, 0.4) is 0 Å². The molecule has 4 rings (SSSR count). The molecule has 0 saturated carbocycles. The maximum atomic E-state index is 13.8. The zero-order chi connectivity index (χ0) is 25.1. The molecular weight excluding hydrogens is 452 g/mol. The Kier molecular flexibility index (Phi) is 7.35. The Morgan fingerprint density at radius 2 is 1.66 bits per heavy atom. The van der Waals surface area contributed by atoms with Gasteiger partial charge >= 0.3 is 0 Å². The van der Waals surface area contributed by atoms with Crippen molar-refractivity contribution in [1.29, 1.82) is 0 Å². The smallest absolute Gasteiger partial charge is 0.254 e. The number of methoxy groups -OCH3 is 4. The highest BCUT2D eigenvalue weighted by Crippen LogP contribution is 2.46. The first-order valence-electron chi connectivity index (χ1n) is 11.6. The van der Waals surface area contributed by atoms with Gasteiger partial charge in [-0.1, -0.05) is 6.07 Å². The molecule has 1 N–H and O–H groups in total. The van der Waals surface area contributed by atoms with E-state index in [0.29, 0.717) is 47.3 Å². The molecule has 0 unspecified atom stereocenters. The fraction of sp³-hybridized carbons (Fsp3) is 0.462. The number of nitrogens with zero attached hydrogens (tertiary/aromatic N) is 1. The topological polar surface area (TPSA) is 95.6 Å². The average molecular weight is 485 g/mol. The van der Waals surface area contributed by atoms with E-state index in [-0.39, 0.29) is 17.9 Å². The molecule has 2 aliphatic rings. The zero-order valence-corrected chi connectivity index (χ0v) is 20.8. The molecule has 0 spiro atoms. The van der Waals surface area contributed by atoms with Gasteiger partial charge in [-0.25, -0.2) is 0 Å². The molecule has 3 atom stereocenters. The van der Waals surface area contributed by atoms with E-state index in [9.17, 15) is 9.59 Å². The van der Waals surface area contributed by atoms with Crippen molar-refractivity contribution in [2.24, 2.45) is 0 Å². The summed E-state index contributed by atoms with van der Waals surface area (Å²) in [5.41, 5.74) is 1.73. The molecule has 0 bridgehead atoms. The lowest BCUT2D eigenvalue weighted by atomic mass is 9.79. The van der Waals surface area contributed by atoms with Gasteiger partial charge < -0.3 is 33.9 Å². The number of benzene rings is 2. The molecule has 9 nitrogen and oxygen atoms in total. The highest BCUT2D eigenvalue weighted by Gasteiger charge is 2.44. The summed E-state index contributed by atoms with van der Waals surface area (Å²) in [6, 6.07) is 8.21. The maximum Gasteiger partial charge on any atom is 0.254 e. The van der Waals surface area contributed by atoms with Gasteiger partial charge in [-0.2, -0.15) is 0 Å². The lowest BCUT2D eigenvalue weighted by Crippen LogP contribution is -2.46. The zero-order valence-electron chi connectivity index (χ0n) is 20.8. The summed E-state index contributed by atoms with van der Waals surface area (Å²) >= 11 is 0. The monoisotopic (exact) mass is 484 g/mol. The number of carbonyl (C=O) groups is 2. The molecule has 0 radical (unpaired) electrons. The van der Waals surface area contributed by atoms with Crippen LogP contribution in [0, 0.1) is 0 Å². The van der Waals surface area contributed by atoms with E-state index < -0.39 is 12.0 Å². The fourth-order valence-corrected chi connectivity index (χ4v) is 4.91. The first-order valence-corrected chi connectivity index (χ1v) is 11.6. The summed E-state index contributed by atoms with van der Waals surface area (Å²) in [6.45, 7) is 1.11. The molecule has 0 aromatic heterocycles. The van der Waals surface area contributed by atoms with Gasteiger partial charge in [0.2, 0.25) is 5.91 Å². The Morgan fingerprint density at radius 1 is 1.00 bits per heavy atom. The van der Waals surface area contributed by atoms with Crippen molar-refractivity contribution in [3.63, 3.8) is 0 Å². The van der Waals surface area contributed by atoms with E-state index in [1.807, 2.05) is 6.07 Å². The molecule has 2 heterocycles. The standard InChI is InChI=1S/C26H32N2O7/c1-28-24(15-8-9-19(31-2)20(11-15)32-3)23(25(29)27-14-16-7-6-10-35-16)17-12-21(33-4)22(34-5)13-18(17)26(28)30/h8-9,11-13,16,23-24H,6-7,10,14H2,1-5H3,(H,27,29)/t16-,23+,24+/m0/s1. The number of hydrogen-bond donors (Lipinski definition) is 1. The second kappa shape index (κ2) is 10.4. The highest BCUT2D eigenvalue weighted by atomic mass is 16.5. The summed E-state index contributed by atoms with van der Waals surface area (Å²) in [4.78, 5) is 28.8. The van der Waals surface area contributed by atoms with Crippen LogP contribution in [0.4, 0.5) is 0 Å². The Hall–Kier alpha value is -3.46. The van der Waals surface area contributed by atoms with Crippen LogP contribution in [-0.2, 0) is 9.53 Å². The molecule has 1 fully saturated rings. The van der Waals surface area contributed by atoms with Gasteiger partial charge in [0.15, 0.2) is 23.0 Å². The van der Waals surface area contributed by atoms with Crippen molar-refractivity contribution in [2.75, 3.05) is 48.6 Å². The van der Waals surface area contributed by atoms with Crippen LogP contribution in [-0.4, -0.2) is 71.5 Å². The minimum absolute atomic E-state index is 0.00805. The van der Waals surface area contributed by atoms with Crippen LogP contribution in [0.15, 0.2) is 30.3 Å². The molecule has 1 saturated heterocycles. The van der Waals surface area contributed by atoms with E-state index in [2.05, 4.69) is 5.32 Å². The van der Waals surface area contributed by atoms with Crippen molar-refractivity contribution in [3.05, 3.63) is 47.0 Å². The molecule has 2 amide bonds. The summed E-state index contributed by atoms with van der Waals surface area (Å²) in [5, 5.41) is 3.06. The van der Waals surface area contributed by atoms with Crippen LogP contribution in [0.5, 0.6) is 23.0 Å². The second-order valence-corrected chi connectivity index (χ2v) is 8.63. The molecule has 188 valence electrons. The number of ether oxygens (including phenoxy) is 5. The number of likely N-dealkylation sites (N-methyl/N-ethyl adjacent to an activating group) is 1. The van der Waals surface area contributed by atoms with Gasteiger partial charge in [-0.15, -0.1) is 0 Å². The van der Waals surface area contributed by atoms with Gasteiger partial charge in [0, 0.05) is 25.8 Å². The summed E-state index contributed by atoms with van der Waals surface area (Å²) in [6.07, 6.45) is 1.88. The van der Waals surface area contributed by atoms with Crippen molar-refractivity contribution in [3.8, 4) is 23.0 Å². The molecular formula is C26H32N2O7. The van der Waals surface area contributed by atoms with Crippen LogP contribution in [0.25, 0.3) is 0 Å². The third-order valence-electron chi connectivity index (χ3n) is 6.73. The number of carbonyl (C=O) groups excluding carboxylic acids is 2. The van der Waals surface area contributed by atoms with E-state index in [4.69, 9.17) is 23.7 Å². The summed E-state index contributed by atoms with van der Waals surface area (Å²) in [7, 11) is 7.85. The molecule has 2 aromatic rings. The van der Waals surface area contributed by atoms with Crippen LogP contribution in [0.1, 0.15) is 46.3 Å². The average Bonchev–Trinajstić information content (AvgIpc) is 3.41.